The smallest absolute Gasteiger partial charge is 0.240 e. The summed E-state index contributed by atoms with van der Waals surface area (Å²) in [7, 11) is 0. The van der Waals surface area contributed by atoms with Crippen LogP contribution < -0.4 is 5.32 Å². The van der Waals surface area contributed by atoms with Gasteiger partial charge in [-0.25, -0.2) is 4.39 Å². The molecule has 4 nitrogen and oxygen atoms in total. The number of carbonyl (C=O) groups excluding carboxylic acids is 1. The number of piperazine rings is 1. The molecule has 1 amide bonds. The number of carbonyl (C=O) groups is 1. The van der Waals surface area contributed by atoms with Crippen molar-refractivity contribution >= 4 is 5.91 Å². The van der Waals surface area contributed by atoms with E-state index in [0.717, 1.165) is 18.7 Å². The highest BCUT2D eigenvalue weighted by Gasteiger charge is 2.35. The number of hydrogen-bond acceptors (Lipinski definition) is 3. The summed E-state index contributed by atoms with van der Waals surface area (Å²) >= 11 is 0. The average Bonchev–Trinajstić information content (AvgIpc) is 2.58. The first-order valence-electron chi connectivity index (χ1n) is 9.05. The first kappa shape index (κ1) is 17.4. The highest BCUT2D eigenvalue weighted by Crippen LogP contribution is 2.26. The normalized spacial score (nSPS) is 26.3. The third kappa shape index (κ3) is 4.33. The number of rotatable bonds is 5. The molecular formula is C19H27FN2O2. The molecule has 5 heteroatoms. The molecule has 1 aliphatic heterocycles. The van der Waals surface area contributed by atoms with Crippen LogP contribution in [0.5, 0.6) is 0 Å². The van der Waals surface area contributed by atoms with Crippen LogP contribution in [-0.2, 0) is 11.2 Å². The molecule has 1 heterocycles. The first-order chi connectivity index (χ1) is 11.7. The van der Waals surface area contributed by atoms with Gasteiger partial charge in [-0.15, -0.1) is 0 Å². The van der Waals surface area contributed by atoms with E-state index in [0.29, 0.717) is 12.3 Å². The first-order valence-corrected chi connectivity index (χ1v) is 9.05. The molecule has 1 aromatic rings. The largest absolute Gasteiger partial charge is 0.394 e. The molecule has 1 aromatic carbocycles. The Balaban J connectivity index is 1.64. The zero-order chi connectivity index (χ0) is 16.9. The molecule has 2 fully saturated rings. The van der Waals surface area contributed by atoms with Gasteiger partial charge in [-0.2, -0.15) is 0 Å². The van der Waals surface area contributed by atoms with Crippen molar-refractivity contribution in [1.29, 1.82) is 0 Å². The van der Waals surface area contributed by atoms with E-state index in [-0.39, 0.29) is 24.4 Å². The Bertz CT molecular complexity index is 543. The van der Waals surface area contributed by atoms with E-state index in [2.05, 4.69) is 10.2 Å². The highest BCUT2D eigenvalue weighted by molar-refractivity contribution is 5.83. The van der Waals surface area contributed by atoms with Gasteiger partial charge < -0.3 is 10.4 Å². The summed E-state index contributed by atoms with van der Waals surface area (Å²) in [6.07, 6.45) is 6.98. The molecule has 1 aliphatic carbocycles. The van der Waals surface area contributed by atoms with Crippen LogP contribution in [-0.4, -0.2) is 47.7 Å². The van der Waals surface area contributed by atoms with Crippen LogP contribution in [0.15, 0.2) is 24.3 Å². The van der Waals surface area contributed by atoms with Crippen molar-refractivity contribution in [2.45, 2.75) is 50.6 Å². The second kappa shape index (κ2) is 8.08. The van der Waals surface area contributed by atoms with Crippen molar-refractivity contribution in [1.82, 2.24) is 10.2 Å². The summed E-state index contributed by atoms with van der Waals surface area (Å²) in [6.45, 7) is 1.49. The maximum absolute atomic E-state index is 13.0. The molecule has 2 aliphatic rings. The number of amides is 1. The number of halogens is 1. The van der Waals surface area contributed by atoms with E-state index in [4.69, 9.17) is 0 Å². The molecule has 132 valence electrons. The third-order valence-electron chi connectivity index (χ3n) is 5.33. The Kier molecular flexibility index (Phi) is 5.85. The summed E-state index contributed by atoms with van der Waals surface area (Å²) in [5.74, 6) is 0.294. The fraction of sp³-hybridized carbons (Fsp3) is 0.632. The number of aliphatic hydroxyl groups excluding tert-OH is 1. The number of aliphatic hydroxyl groups is 1. The molecule has 0 aromatic heterocycles. The van der Waals surface area contributed by atoms with Gasteiger partial charge in [-0.05, 0) is 42.9 Å². The Labute approximate surface area is 143 Å². The van der Waals surface area contributed by atoms with Crippen molar-refractivity contribution in [2.24, 2.45) is 5.92 Å². The van der Waals surface area contributed by atoms with Crippen LogP contribution >= 0.6 is 0 Å². The zero-order valence-electron chi connectivity index (χ0n) is 14.1. The Morgan fingerprint density at radius 1 is 1.17 bits per heavy atom. The quantitative estimate of drug-likeness (QED) is 0.867. The SMILES string of the molecule is O=C1N[C@@H](Cc2ccc(F)cc2)CN(CC2CCCCC2)[C@H]1CO. The van der Waals surface area contributed by atoms with Crippen molar-refractivity contribution in [2.75, 3.05) is 19.7 Å². The summed E-state index contributed by atoms with van der Waals surface area (Å²) in [4.78, 5) is 14.5. The maximum atomic E-state index is 13.0. The lowest BCUT2D eigenvalue weighted by atomic mass is 9.88. The topological polar surface area (TPSA) is 52.6 Å². The van der Waals surface area contributed by atoms with Crippen LogP contribution in [0.1, 0.15) is 37.7 Å². The second-order valence-electron chi connectivity index (χ2n) is 7.19. The molecule has 0 spiro atoms. The van der Waals surface area contributed by atoms with Gasteiger partial charge in [0, 0.05) is 19.1 Å². The Morgan fingerprint density at radius 2 is 1.88 bits per heavy atom. The fourth-order valence-corrected chi connectivity index (χ4v) is 4.04. The monoisotopic (exact) mass is 334 g/mol. The van der Waals surface area contributed by atoms with E-state index in [1.165, 1.54) is 44.2 Å². The van der Waals surface area contributed by atoms with Gasteiger partial charge in [0.1, 0.15) is 11.9 Å². The van der Waals surface area contributed by atoms with Gasteiger partial charge >= 0.3 is 0 Å². The van der Waals surface area contributed by atoms with Crippen LogP contribution in [0.25, 0.3) is 0 Å². The molecule has 2 N–H and O–H groups in total. The van der Waals surface area contributed by atoms with E-state index in [9.17, 15) is 14.3 Å². The molecule has 0 radical (unpaired) electrons. The predicted octanol–water partition coefficient (Wildman–Crippen LogP) is 2.11. The molecule has 1 saturated heterocycles. The van der Waals surface area contributed by atoms with Gasteiger partial charge in [-0.3, -0.25) is 9.69 Å². The van der Waals surface area contributed by atoms with E-state index >= 15 is 0 Å². The molecule has 3 rings (SSSR count). The molecule has 1 saturated carbocycles. The van der Waals surface area contributed by atoms with Crippen LogP contribution in [0, 0.1) is 11.7 Å². The number of nitrogens with zero attached hydrogens (tertiary/aromatic N) is 1. The molecule has 0 unspecified atom stereocenters. The van der Waals surface area contributed by atoms with Gasteiger partial charge in [-0.1, -0.05) is 31.4 Å². The van der Waals surface area contributed by atoms with Crippen LogP contribution in [0.3, 0.4) is 0 Å². The van der Waals surface area contributed by atoms with Gasteiger partial charge in [0.25, 0.3) is 0 Å². The standard InChI is InChI=1S/C19H27FN2O2/c20-16-8-6-14(7-9-16)10-17-12-22(18(13-23)19(24)21-17)11-15-4-2-1-3-5-15/h6-9,15,17-18,23H,1-5,10-13H2,(H,21,24)/t17-,18-/m0/s1. The minimum Gasteiger partial charge on any atom is -0.394 e. The summed E-state index contributed by atoms with van der Waals surface area (Å²) in [5, 5.41) is 12.6. The van der Waals surface area contributed by atoms with E-state index < -0.39 is 6.04 Å². The summed E-state index contributed by atoms with van der Waals surface area (Å²) in [5.41, 5.74) is 1.02. The lowest BCUT2D eigenvalue weighted by molar-refractivity contribution is -0.132. The Hall–Kier alpha value is -1.46. The van der Waals surface area contributed by atoms with Crippen LogP contribution in [0.2, 0.25) is 0 Å². The number of nitrogens with one attached hydrogen (secondary N) is 1. The van der Waals surface area contributed by atoms with Crippen LogP contribution in [0.4, 0.5) is 4.39 Å². The average molecular weight is 334 g/mol. The lowest BCUT2D eigenvalue weighted by Gasteiger charge is -2.41. The molecule has 2 atom stereocenters. The van der Waals surface area contributed by atoms with Gasteiger partial charge in [0.05, 0.1) is 6.61 Å². The fourth-order valence-electron chi connectivity index (χ4n) is 4.04. The van der Waals surface area contributed by atoms with Gasteiger partial charge in [0.15, 0.2) is 0 Å². The number of benzene rings is 1. The summed E-state index contributed by atoms with van der Waals surface area (Å²) < 4.78 is 13.0. The van der Waals surface area contributed by atoms with E-state index in [1.54, 1.807) is 12.1 Å². The van der Waals surface area contributed by atoms with Crippen molar-refractivity contribution in [3.05, 3.63) is 35.6 Å². The maximum Gasteiger partial charge on any atom is 0.240 e. The minimum atomic E-state index is -0.434. The third-order valence-corrected chi connectivity index (χ3v) is 5.33. The predicted molar refractivity (Wildman–Crippen MR) is 91.1 cm³/mol. The van der Waals surface area contributed by atoms with Crippen molar-refractivity contribution in [3.63, 3.8) is 0 Å². The van der Waals surface area contributed by atoms with Crippen molar-refractivity contribution < 1.29 is 14.3 Å². The lowest BCUT2D eigenvalue weighted by Crippen LogP contribution is -2.62. The molecule has 0 bridgehead atoms. The second-order valence-corrected chi connectivity index (χ2v) is 7.19. The Morgan fingerprint density at radius 3 is 2.54 bits per heavy atom. The molecular weight excluding hydrogens is 307 g/mol. The van der Waals surface area contributed by atoms with Crippen molar-refractivity contribution in [3.8, 4) is 0 Å². The van der Waals surface area contributed by atoms with E-state index in [1.807, 2.05) is 0 Å². The number of hydrogen-bond donors (Lipinski definition) is 2. The van der Waals surface area contributed by atoms with Gasteiger partial charge in [0.2, 0.25) is 5.91 Å². The molecule has 24 heavy (non-hydrogen) atoms. The highest BCUT2D eigenvalue weighted by atomic mass is 19.1. The summed E-state index contributed by atoms with van der Waals surface area (Å²) in [6, 6.07) is 6.02. The minimum absolute atomic E-state index is 0.00866. The zero-order valence-corrected chi connectivity index (χ0v) is 14.1.